The molecule has 1 saturated heterocycles. The summed E-state index contributed by atoms with van der Waals surface area (Å²) in [6.45, 7) is 0.982. The van der Waals surface area contributed by atoms with Gasteiger partial charge in [0.15, 0.2) is 0 Å². The summed E-state index contributed by atoms with van der Waals surface area (Å²) >= 11 is 0. The van der Waals surface area contributed by atoms with Gasteiger partial charge in [-0.25, -0.2) is 0 Å². The molecule has 0 aromatic heterocycles. The van der Waals surface area contributed by atoms with Gasteiger partial charge in [-0.2, -0.15) is 0 Å². The van der Waals surface area contributed by atoms with Crippen molar-refractivity contribution in [2.45, 2.75) is 19.3 Å². The Balaban J connectivity index is 1.52. The molecule has 1 aliphatic rings. The number of methoxy groups -OCH3 is 1. The van der Waals surface area contributed by atoms with Crippen LogP contribution >= 0.6 is 0 Å². The second kappa shape index (κ2) is 9.27. The lowest BCUT2D eigenvalue weighted by atomic mass is 9.74. The number of amides is 2. The molecule has 0 radical (unpaired) electrons. The normalized spacial score (nSPS) is 18.2. The van der Waals surface area contributed by atoms with E-state index in [0.29, 0.717) is 31.5 Å². The highest BCUT2D eigenvalue weighted by Crippen LogP contribution is 2.35. The smallest absolute Gasteiger partial charge is 0.253 e. The van der Waals surface area contributed by atoms with Gasteiger partial charge in [-0.05, 0) is 60.2 Å². The summed E-state index contributed by atoms with van der Waals surface area (Å²) in [5, 5.41) is 0. The van der Waals surface area contributed by atoms with Gasteiger partial charge in [0, 0.05) is 18.7 Å². The van der Waals surface area contributed by atoms with Gasteiger partial charge in [-0.3, -0.25) is 9.59 Å². The summed E-state index contributed by atoms with van der Waals surface area (Å²) in [7, 11) is 1.65. The fourth-order valence-corrected chi connectivity index (χ4v) is 4.49. The molecular weight excluding hydrogens is 400 g/mol. The Hall–Kier alpha value is -3.60. The van der Waals surface area contributed by atoms with Crippen LogP contribution in [0, 0.1) is 5.41 Å². The predicted molar refractivity (Wildman–Crippen MR) is 125 cm³/mol. The zero-order valence-corrected chi connectivity index (χ0v) is 18.3. The van der Waals surface area contributed by atoms with Crippen LogP contribution in [0.1, 0.15) is 28.8 Å². The lowest BCUT2D eigenvalue weighted by molar-refractivity contribution is -0.130. The first-order valence-electron chi connectivity index (χ1n) is 10.9. The number of carbonyl (C=O) groups is 2. The van der Waals surface area contributed by atoms with Crippen LogP contribution in [0.5, 0.6) is 5.75 Å². The highest BCUT2D eigenvalue weighted by Gasteiger charge is 2.42. The first kappa shape index (κ1) is 21.6. The standard InChI is InChI=1S/C27H28N2O3/c1-32-24-14-12-22(13-15-24)21-10-8-20(9-11-21)18-27(26(28)31)16-5-17-29(19-27)25(30)23-6-3-2-4-7-23/h2-4,6-15H,5,16-19H2,1H3,(H2,28,31)/t27-/m1/s1. The lowest BCUT2D eigenvalue weighted by Gasteiger charge is -2.41. The Morgan fingerprint density at radius 2 is 1.56 bits per heavy atom. The van der Waals surface area contributed by atoms with Gasteiger partial charge in [0.25, 0.3) is 5.91 Å². The summed E-state index contributed by atoms with van der Waals surface area (Å²) in [6, 6.07) is 25.3. The number of rotatable bonds is 6. The molecule has 0 spiro atoms. The number of ether oxygens (including phenoxy) is 1. The van der Waals surface area contributed by atoms with E-state index in [1.807, 2.05) is 54.6 Å². The molecule has 2 N–H and O–H groups in total. The minimum atomic E-state index is -0.760. The third-order valence-electron chi connectivity index (χ3n) is 6.33. The summed E-state index contributed by atoms with van der Waals surface area (Å²) in [5.74, 6) is 0.425. The summed E-state index contributed by atoms with van der Waals surface area (Å²) in [6.07, 6.45) is 1.95. The zero-order chi connectivity index (χ0) is 22.6. The highest BCUT2D eigenvalue weighted by atomic mass is 16.5. The van der Waals surface area contributed by atoms with Crippen LogP contribution < -0.4 is 10.5 Å². The Morgan fingerprint density at radius 1 is 0.938 bits per heavy atom. The Morgan fingerprint density at radius 3 is 2.16 bits per heavy atom. The van der Waals surface area contributed by atoms with Crippen molar-refractivity contribution in [3.05, 3.63) is 90.0 Å². The molecule has 0 saturated carbocycles. The number of nitrogens with zero attached hydrogens (tertiary/aromatic N) is 1. The maximum Gasteiger partial charge on any atom is 0.253 e. The van der Waals surface area contributed by atoms with Crippen LogP contribution in [-0.2, 0) is 11.2 Å². The van der Waals surface area contributed by atoms with E-state index in [1.165, 1.54) is 0 Å². The molecule has 164 valence electrons. The second-order valence-corrected chi connectivity index (χ2v) is 8.44. The fraction of sp³-hybridized carbons (Fsp3) is 0.259. The van der Waals surface area contributed by atoms with Crippen LogP contribution in [0.25, 0.3) is 11.1 Å². The molecule has 1 fully saturated rings. The second-order valence-electron chi connectivity index (χ2n) is 8.44. The molecule has 3 aromatic rings. The average molecular weight is 429 g/mol. The molecule has 2 amide bonds. The van der Waals surface area contributed by atoms with E-state index in [1.54, 1.807) is 24.1 Å². The minimum Gasteiger partial charge on any atom is -0.497 e. The van der Waals surface area contributed by atoms with Gasteiger partial charge in [0.2, 0.25) is 5.91 Å². The van der Waals surface area contributed by atoms with E-state index in [-0.39, 0.29) is 11.8 Å². The van der Waals surface area contributed by atoms with Crippen molar-refractivity contribution < 1.29 is 14.3 Å². The monoisotopic (exact) mass is 428 g/mol. The van der Waals surface area contributed by atoms with Crippen LogP contribution in [-0.4, -0.2) is 36.9 Å². The predicted octanol–water partition coefficient (Wildman–Crippen LogP) is 4.31. The zero-order valence-electron chi connectivity index (χ0n) is 18.3. The van der Waals surface area contributed by atoms with E-state index in [2.05, 4.69) is 12.1 Å². The number of hydrogen-bond acceptors (Lipinski definition) is 3. The van der Waals surface area contributed by atoms with Crippen LogP contribution in [0.15, 0.2) is 78.9 Å². The molecule has 5 heteroatoms. The molecule has 1 aliphatic heterocycles. The van der Waals surface area contributed by atoms with Gasteiger partial charge >= 0.3 is 0 Å². The summed E-state index contributed by atoms with van der Waals surface area (Å²) in [4.78, 5) is 27.4. The highest BCUT2D eigenvalue weighted by molar-refractivity contribution is 5.95. The summed E-state index contributed by atoms with van der Waals surface area (Å²) in [5.41, 5.74) is 9.01. The van der Waals surface area contributed by atoms with Crippen molar-refractivity contribution in [2.24, 2.45) is 11.1 Å². The van der Waals surface area contributed by atoms with E-state index < -0.39 is 5.41 Å². The SMILES string of the molecule is COc1ccc(-c2ccc(C[C@]3(C(N)=O)CCCN(C(=O)c4ccccc4)C3)cc2)cc1. The number of hydrogen-bond donors (Lipinski definition) is 1. The van der Waals surface area contributed by atoms with Crippen LogP contribution in [0.4, 0.5) is 0 Å². The molecule has 3 aromatic carbocycles. The van der Waals surface area contributed by atoms with Crippen molar-refractivity contribution in [3.8, 4) is 16.9 Å². The van der Waals surface area contributed by atoms with Gasteiger partial charge in [-0.15, -0.1) is 0 Å². The van der Waals surface area contributed by atoms with Gasteiger partial charge < -0.3 is 15.4 Å². The van der Waals surface area contributed by atoms with Crippen molar-refractivity contribution in [2.75, 3.05) is 20.2 Å². The number of primary amides is 1. The number of carbonyl (C=O) groups excluding carboxylic acids is 2. The number of piperidine rings is 1. The van der Waals surface area contributed by atoms with E-state index in [0.717, 1.165) is 28.9 Å². The first-order chi connectivity index (χ1) is 15.5. The Kier molecular flexibility index (Phi) is 6.26. The molecule has 5 nitrogen and oxygen atoms in total. The molecule has 0 bridgehead atoms. The molecule has 32 heavy (non-hydrogen) atoms. The van der Waals surface area contributed by atoms with E-state index >= 15 is 0 Å². The Bertz CT molecular complexity index is 1080. The van der Waals surface area contributed by atoms with Crippen molar-refractivity contribution in [3.63, 3.8) is 0 Å². The maximum absolute atomic E-state index is 13.0. The fourth-order valence-electron chi connectivity index (χ4n) is 4.49. The lowest BCUT2D eigenvalue weighted by Crippen LogP contribution is -2.53. The third-order valence-corrected chi connectivity index (χ3v) is 6.33. The number of nitrogens with two attached hydrogens (primary N) is 1. The van der Waals surface area contributed by atoms with E-state index in [9.17, 15) is 9.59 Å². The first-order valence-corrected chi connectivity index (χ1v) is 10.9. The molecule has 1 heterocycles. The molecule has 0 aliphatic carbocycles. The largest absolute Gasteiger partial charge is 0.497 e. The minimum absolute atomic E-state index is 0.0502. The van der Waals surface area contributed by atoms with Crippen LogP contribution in [0.2, 0.25) is 0 Å². The quantitative estimate of drug-likeness (QED) is 0.636. The third kappa shape index (κ3) is 4.52. The van der Waals surface area contributed by atoms with E-state index in [4.69, 9.17) is 10.5 Å². The maximum atomic E-state index is 13.0. The molecule has 1 atom stereocenters. The van der Waals surface area contributed by atoms with Crippen molar-refractivity contribution in [1.29, 1.82) is 0 Å². The van der Waals surface area contributed by atoms with Crippen molar-refractivity contribution >= 4 is 11.8 Å². The summed E-state index contributed by atoms with van der Waals surface area (Å²) < 4.78 is 5.22. The molecule has 4 rings (SSSR count). The number of benzene rings is 3. The average Bonchev–Trinajstić information content (AvgIpc) is 2.85. The van der Waals surface area contributed by atoms with Crippen molar-refractivity contribution in [1.82, 2.24) is 4.90 Å². The van der Waals surface area contributed by atoms with Gasteiger partial charge in [-0.1, -0.05) is 54.6 Å². The van der Waals surface area contributed by atoms with Crippen LogP contribution in [0.3, 0.4) is 0 Å². The van der Waals surface area contributed by atoms with Gasteiger partial charge in [0.05, 0.1) is 12.5 Å². The van der Waals surface area contributed by atoms with Gasteiger partial charge in [0.1, 0.15) is 5.75 Å². The topological polar surface area (TPSA) is 72.6 Å². The Labute approximate surface area is 188 Å². The number of likely N-dealkylation sites (tertiary alicyclic amines) is 1. The molecular formula is C27H28N2O3. The molecule has 0 unspecified atom stereocenters.